The van der Waals surface area contributed by atoms with E-state index < -0.39 is 35.7 Å². The second-order valence-corrected chi connectivity index (χ2v) is 5.65. The van der Waals surface area contributed by atoms with Crippen LogP contribution in [-0.2, 0) is 15.8 Å². The summed E-state index contributed by atoms with van der Waals surface area (Å²) >= 11 is 0.985. The minimum absolute atomic E-state index is 0.175. The molecular formula is C15H9F3O4S. The van der Waals surface area contributed by atoms with E-state index in [4.69, 9.17) is 5.11 Å². The number of ketones is 2. The van der Waals surface area contributed by atoms with Crippen LogP contribution in [0, 0.1) is 0 Å². The molecule has 0 aliphatic heterocycles. The molecule has 8 heteroatoms. The van der Waals surface area contributed by atoms with Gasteiger partial charge >= 0.3 is 12.1 Å². The maximum absolute atomic E-state index is 12.5. The van der Waals surface area contributed by atoms with Crippen LogP contribution in [0.3, 0.4) is 0 Å². The SMILES string of the molecule is O=C(O)C(=O)CC(=O)c1ccc(-c2ccc(C(F)(F)F)cc2)s1. The van der Waals surface area contributed by atoms with Gasteiger partial charge in [0.05, 0.1) is 16.9 Å². The minimum atomic E-state index is -4.42. The van der Waals surface area contributed by atoms with Crippen molar-refractivity contribution >= 4 is 28.9 Å². The van der Waals surface area contributed by atoms with Gasteiger partial charge in [0.15, 0.2) is 5.78 Å². The molecule has 1 heterocycles. The van der Waals surface area contributed by atoms with Crippen LogP contribution in [0.1, 0.15) is 21.7 Å². The second kappa shape index (κ2) is 6.33. The number of Topliss-reactive ketones (excluding diaryl/α,β-unsaturated/α-hetero) is 2. The van der Waals surface area contributed by atoms with Gasteiger partial charge in [-0.3, -0.25) is 9.59 Å². The Morgan fingerprint density at radius 1 is 1.00 bits per heavy atom. The Balaban J connectivity index is 2.17. The molecule has 0 saturated carbocycles. The highest BCUT2D eigenvalue weighted by molar-refractivity contribution is 7.17. The molecule has 2 rings (SSSR count). The zero-order valence-corrected chi connectivity index (χ0v) is 12.2. The zero-order chi connectivity index (χ0) is 17.2. The first-order valence-electron chi connectivity index (χ1n) is 6.25. The molecule has 120 valence electrons. The Bertz CT molecular complexity index is 760. The third kappa shape index (κ3) is 4.04. The Kier molecular flexibility index (Phi) is 4.65. The van der Waals surface area contributed by atoms with Gasteiger partial charge in [0.2, 0.25) is 5.78 Å². The van der Waals surface area contributed by atoms with Crippen molar-refractivity contribution in [2.24, 2.45) is 0 Å². The van der Waals surface area contributed by atoms with E-state index in [0.29, 0.717) is 10.4 Å². The molecule has 1 aromatic heterocycles. The Hall–Kier alpha value is -2.48. The van der Waals surface area contributed by atoms with Gasteiger partial charge in [0, 0.05) is 4.88 Å². The fourth-order valence-corrected chi connectivity index (χ4v) is 2.72. The molecule has 0 fully saturated rings. The molecular weight excluding hydrogens is 333 g/mol. The third-order valence-corrected chi connectivity index (χ3v) is 4.11. The first kappa shape index (κ1) is 16.9. The molecule has 1 N–H and O–H groups in total. The fraction of sp³-hybridized carbons (Fsp3) is 0.133. The number of benzene rings is 1. The van der Waals surface area contributed by atoms with E-state index in [1.165, 1.54) is 24.3 Å². The molecule has 0 aliphatic carbocycles. The zero-order valence-electron chi connectivity index (χ0n) is 11.4. The summed E-state index contributed by atoms with van der Waals surface area (Å²) in [5.74, 6) is -3.53. The Morgan fingerprint density at radius 2 is 1.61 bits per heavy atom. The average molecular weight is 342 g/mol. The van der Waals surface area contributed by atoms with Crippen molar-refractivity contribution in [3.8, 4) is 10.4 Å². The van der Waals surface area contributed by atoms with Crippen LogP contribution >= 0.6 is 11.3 Å². The highest BCUT2D eigenvalue weighted by Crippen LogP contribution is 2.33. The highest BCUT2D eigenvalue weighted by Gasteiger charge is 2.30. The van der Waals surface area contributed by atoms with Crippen molar-refractivity contribution in [3.63, 3.8) is 0 Å². The lowest BCUT2D eigenvalue weighted by atomic mass is 10.1. The van der Waals surface area contributed by atoms with Gasteiger partial charge < -0.3 is 5.11 Å². The van der Waals surface area contributed by atoms with E-state index in [-0.39, 0.29) is 4.88 Å². The van der Waals surface area contributed by atoms with E-state index in [2.05, 4.69) is 0 Å². The van der Waals surface area contributed by atoms with Crippen LogP contribution in [0.25, 0.3) is 10.4 Å². The first-order valence-corrected chi connectivity index (χ1v) is 7.07. The van der Waals surface area contributed by atoms with Crippen molar-refractivity contribution in [2.75, 3.05) is 0 Å². The first-order chi connectivity index (χ1) is 10.7. The van der Waals surface area contributed by atoms with Crippen molar-refractivity contribution in [3.05, 3.63) is 46.8 Å². The van der Waals surface area contributed by atoms with Crippen molar-refractivity contribution in [1.82, 2.24) is 0 Å². The fourth-order valence-electron chi connectivity index (χ4n) is 1.77. The average Bonchev–Trinajstić information content (AvgIpc) is 2.96. The summed E-state index contributed by atoms with van der Waals surface area (Å²) in [4.78, 5) is 33.9. The number of carbonyl (C=O) groups excluding carboxylic acids is 2. The van der Waals surface area contributed by atoms with Crippen LogP contribution in [0.4, 0.5) is 13.2 Å². The van der Waals surface area contributed by atoms with Gasteiger partial charge in [-0.05, 0) is 29.8 Å². The summed E-state index contributed by atoms with van der Waals surface area (Å²) in [7, 11) is 0. The molecule has 1 aromatic carbocycles. The van der Waals surface area contributed by atoms with Crippen LogP contribution in [0.15, 0.2) is 36.4 Å². The molecule has 0 unspecified atom stereocenters. The predicted molar refractivity (Wildman–Crippen MR) is 76.3 cm³/mol. The predicted octanol–water partition coefficient (Wildman–Crippen LogP) is 3.66. The topological polar surface area (TPSA) is 71.4 Å². The molecule has 0 bridgehead atoms. The summed E-state index contributed by atoms with van der Waals surface area (Å²) in [6.07, 6.45) is -5.17. The van der Waals surface area contributed by atoms with E-state index in [1.54, 1.807) is 0 Å². The largest absolute Gasteiger partial charge is 0.475 e. The van der Waals surface area contributed by atoms with E-state index >= 15 is 0 Å². The molecule has 0 amide bonds. The van der Waals surface area contributed by atoms with Gasteiger partial charge in [-0.25, -0.2) is 4.79 Å². The number of carboxylic acid groups (broad SMARTS) is 1. The van der Waals surface area contributed by atoms with E-state index in [1.807, 2.05) is 0 Å². The lowest BCUT2D eigenvalue weighted by Crippen LogP contribution is -2.16. The maximum Gasteiger partial charge on any atom is 0.416 e. The summed E-state index contributed by atoms with van der Waals surface area (Å²) in [5.41, 5.74) is -0.284. The number of rotatable bonds is 5. The van der Waals surface area contributed by atoms with Crippen LogP contribution in [-0.4, -0.2) is 22.6 Å². The number of carboxylic acids is 1. The van der Waals surface area contributed by atoms with Crippen LogP contribution < -0.4 is 0 Å². The number of alkyl halides is 3. The lowest BCUT2D eigenvalue weighted by Gasteiger charge is -2.06. The molecule has 0 spiro atoms. The minimum Gasteiger partial charge on any atom is -0.475 e. The summed E-state index contributed by atoms with van der Waals surface area (Å²) < 4.78 is 37.5. The molecule has 4 nitrogen and oxygen atoms in total. The maximum atomic E-state index is 12.5. The summed E-state index contributed by atoms with van der Waals surface area (Å²) in [6, 6.07) is 7.38. The van der Waals surface area contributed by atoms with Crippen molar-refractivity contribution in [2.45, 2.75) is 12.6 Å². The van der Waals surface area contributed by atoms with Crippen molar-refractivity contribution < 1.29 is 32.7 Å². The molecule has 0 radical (unpaired) electrons. The number of aliphatic carboxylic acids is 1. The Labute approximate surface area is 132 Å². The van der Waals surface area contributed by atoms with Crippen LogP contribution in [0.2, 0.25) is 0 Å². The lowest BCUT2D eigenvalue weighted by molar-refractivity contribution is -0.148. The Morgan fingerprint density at radius 3 is 2.13 bits per heavy atom. The standard InChI is InChI=1S/C15H9F3O4S/c16-15(17,18)9-3-1-8(2-4-9)12-5-6-13(23-12)10(19)7-11(20)14(21)22/h1-6H,7H2,(H,21,22). The number of carbonyl (C=O) groups is 3. The van der Waals surface area contributed by atoms with Gasteiger partial charge in [-0.15, -0.1) is 11.3 Å². The monoisotopic (exact) mass is 342 g/mol. The normalized spacial score (nSPS) is 11.3. The van der Waals surface area contributed by atoms with Gasteiger partial charge in [-0.1, -0.05) is 12.1 Å². The number of hydrogen-bond acceptors (Lipinski definition) is 4. The van der Waals surface area contributed by atoms with E-state index in [9.17, 15) is 27.6 Å². The highest BCUT2D eigenvalue weighted by atomic mass is 32.1. The molecule has 0 aliphatic rings. The molecule has 23 heavy (non-hydrogen) atoms. The van der Waals surface area contributed by atoms with Gasteiger partial charge in [-0.2, -0.15) is 13.2 Å². The number of halogens is 3. The van der Waals surface area contributed by atoms with Gasteiger partial charge in [0.25, 0.3) is 0 Å². The molecule has 2 aromatic rings. The van der Waals surface area contributed by atoms with E-state index in [0.717, 1.165) is 23.5 Å². The smallest absolute Gasteiger partial charge is 0.416 e. The molecule has 0 saturated heterocycles. The second-order valence-electron chi connectivity index (χ2n) is 4.57. The van der Waals surface area contributed by atoms with Crippen molar-refractivity contribution in [1.29, 1.82) is 0 Å². The number of thiophene rings is 1. The third-order valence-electron chi connectivity index (χ3n) is 2.94. The quantitative estimate of drug-likeness (QED) is 0.511. The van der Waals surface area contributed by atoms with Crippen LogP contribution in [0.5, 0.6) is 0 Å². The summed E-state index contributed by atoms with van der Waals surface area (Å²) in [5, 5.41) is 8.46. The molecule has 0 atom stereocenters. The van der Waals surface area contributed by atoms with Gasteiger partial charge in [0.1, 0.15) is 0 Å². The summed E-state index contributed by atoms with van der Waals surface area (Å²) in [6.45, 7) is 0. The number of hydrogen-bond donors (Lipinski definition) is 1.